The van der Waals surface area contributed by atoms with Gasteiger partial charge < -0.3 is 20.3 Å². The number of piperidine rings is 1. The van der Waals surface area contributed by atoms with Gasteiger partial charge in [-0.2, -0.15) is 15.0 Å². The van der Waals surface area contributed by atoms with Gasteiger partial charge in [0.1, 0.15) is 5.82 Å². The van der Waals surface area contributed by atoms with Crippen LogP contribution in [-0.4, -0.2) is 64.7 Å². The van der Waals surface area contributed by atoms with E-state index in [1.165, 1.54) is 6.20 Å². The first-order valence-corrected chi connectivity index (χ1v) is 10.0. The summed E-state index contributed by atoms with van der Waals surface area (Å²) in [6.45, 7) is 3.45. The Balaban J connectivity index is 1.79. The molecular weight excluding hydrogens is 418 g/mol. The maximum atomic E-state index is 13.7. The van der Waals surface area contributed by atoms with Crippen LogP contribution in [0.5, 0.6) is 0 Å². The molecule has 0 unspecified atom stereocenters. The molecule has 31 heavy (non-hydrogen) atoms. The average molecular weight is 441 g/mol. The Kier molecular flexibility index (Phi) is 5.82. The molecule has 0 saturated carbocycles. The Morgan fingerprint density at radius 1 is 1.13 bits per heavy atom. The number of ether oxygens (including phenoxy) is 1. The second-order valence-corrected chi connectivity index (χ2v) is 7.72. The van der Waals surface area contributed by atoms with Gasteiger partial charge in [-0.05, 0) is 13.0 Å². The van der Waals surface area contributed by atoms with Crippen LogP contribution in [0, 0.1) is 0 Å². The van der Waals surface area contributed by atoms with Crippen LogP contribution >= 0.6 is 0 Å². The summed E-state index contributed by atoms with van der Waals surface area (Å²) >= 11 is 0. The largest absolute Gasteiger partial charge is 0.384 e. The quantitative estimate of drug-likeness (QED) is 0.724. The summed E-state index contributed by atoms with van der Waals surface area (Å²) < 4.78 is 60.1. The molecule has 8 nitrogen and oxygen atoms in total. The SMILES string of the molecule is C[C@@H]1COCCN1c1nc(-c2cnc(N)cc2C(F)F)nc(N2CCC(F)(F)CC2)n1. The highest BCUT2D eigenvalue weighted by atomic mass is 19.3. The molecule has 0 bridgehead atoms. The van der Waals surface area contributed by atoms with Gasteiger partial charge in [-0.1, -0.05) is 0 Å². The zero-order valence-electron chi connectivity index (χ0n) is 16.9. The third-order valence-corrected chi connectivity index (χ3v) is 5.45. The molecule has 12 heteroatoms. The summed E-state index contributed by atoms with van der Waals surface area (Å²) in [6, 6.07) is 1.03. The van der Waals surface area contributed by atoms with Crippen LogP contribution in [0.25, 0.3) is 11.4 Å². The van der Waals surface area contributed by atoms with Crippen LogP contribution in [0.3, 0.4) is 0 Å². The highest BCUT2D eigenvalue weighted by Crippen LogP contribution is 2.33. The Labute approximate surface area is 176 Å². The van der Waals surface area contributed by atoms with E-state index in [1.807, 2.05) is 11.8 Å². The number of rotatable bonds is 4. The summed E-state index contributed by atoms with van der Waals surface area (Å²) in [7, 11) is 0. The van der Waals surface area contributed by atoms with Gasteiger partial charge in [-0.25, -0.2) is 22.5 Å². The molecule has 0 aromatic carbocycles. The van der Waals surface area contributed by atoms with Crippen LogP contribution < -0.4 is 15.5 Å². The fraction of sp³-hybridized carbons (Fsp3) is 0.579. The van der Waals surface area contributed by atoms with Gasteiger partial charge in [0, 0.05) is 49.8 Å². The molecule has 0 spiro atoms. The van der Waals surface area contributed by atoms with Crippen molar-refractivity contribution in [1.82, 2.24) is 19.9 Å². The Morgan fingerprint density at radius 3 is 2.52 bits per heavy atom. The van der Waals surface area contributed by atoms with Crippen molar-refractivity contribution in [2.75, 3.05) is 48.4 Å². The number of hydrogen-bond donors (Lipinski definition) is 1. The second kappa shape index (κ2) is 8.40. The normalized spacial score (nSPS) is 21.5. The number of morpholine rings is 1. The number of hydrogen-bond acceptors (Lipinski definition) is 8. The van der Waals surface area contributed by atoms with E-state index in [-0.39, 0.29) is 66.6 Å². The van der Waals surface area contributed by atoms with Crippen LogP contribution in [-0.2, 0) is 4.74 Å². The predicted octanol–water partition coefficient (Wildman–Crippen LogP) is 2.91. The molecule has 0 radical (unpaired) electrons. The Hall–Kier alpha value is -2.76. The Bertz CT molecular complexity index is 935. The molecule has 4 rings (SSSR count). The molecular formula is C19H23F4N7O. The molecule has 2 aromatic rings. The van der Waals surface area contributed by atoms with Crippen molar-refractivity contribution in [3.63, 3.8) is 0 Å². The standard InChI is InChI=1S/C19H23F4N7O/c1-11-10-31-7-6-30(11)18-27-16(13-9-25-14(24)8-12(13)15(20)21)26-17(28-18)29-4-2-19(22,23)3-5-29/h8-9,11,15H,2-7,10H2,1H3,(H2,24,25)/t11-/m1/s1. The van der Waals surface area contributed by atoms with Crippen molar-refractivity contribution in [2.45, 2.75) is 38.2 Å². The lowest BCUT2D eigenvalue weighted by Crippen LogP contribution is -2.45. The molecule has 168 valence electrons. The summed E-state index contributed by atoms with van der Waals surface area (Å²) in [5.74, 6) is -2.33. The summed E-state index contributed by atoms with van der Waals surface area (Å²) in [5, 5.41) is 0. The van der Waals surface area contributed by atoms with Crippen molar-refractivity contribution in [3.05, 3.63) is 17.8 Å². The molecule has 2 fully saturated rings. The van der Waals surface area contributed by atoms with E-state index in [4.69, 9.17) is 10.5 Å². The molecule has 2 aromatic heterocycles. The number of pyridine rings is 1. The lowest BCUT2D eigenvalue weighted by atomic mass is 10.1. The monoisotopic (exact) mass is 441 g/mol. The minimum Gasteiger partial charge on any atom is -0.384 e. The zero-order valence-corrected chi connectivity index (χ0v) is 16.9. The highest BCUT2D eigenvalue weighted by molar-refractivity contribution is 5.64. The number of aromatic nitrogens is 4. The number of anilines is 3. The molecule has 2 aliphatic rings. The topological polar surface area (TPSA) is 93.3 Å². The van der Waals surface area contributed by atoms with E-state index in [9.17, 15) is 17.6 Å². The van der Waals surface area contributed by atoms with Crippen LogP contribution in [0.2, 0.25) is 0 Å². The van der Waals surface area contributed by atoms with Crippen LogP contribution in [0.15, 0.2) is 12.3 Å². The van der Waals surface area contributed by atoms with Crippen molar-refractivity contribution in [3.8, 4) is 11.4 Å². The van der Waals surface area contributed by atoms with Gasteiger partial charge in [-0.3, -0.25) is 0 Å². The van der Waals surface area contributed by atoms with E-state index < -0.39 is 12.3 Å². The average Bonchev–Trinajstić information content (AvgIpc) is 2.73. The molecule has 1 atom stereocenters. The third-order valence-electron chi connectivity index (χ3n) is 5.45. The maximum absolute atomic E-state index is 13.7. The number of alkyl halides is 4. The van der Waals surface area contributed by atoms with Crippen LogP contribution in [0.4, 0.5) is 35.3 Å². The highest BCUT2D eigenvalue weighted by Gasteiger charge is 2.35. The first-order chi connectivity index (χ1) is 14.7. The van der Waals surface area contributed by atoms with Gasteiger partial charge in [0.15, 0.2) is 5.82 Å². The Morgan fingerprint density at radius 2 is 1.84 bits per heavy atom. The zero-order chi connectivity index (χ0) is 22.2. The number of nitrogen functional groups attached to an aromatic ring is 1. The van der Waals surface area contributed by atoms with Crippen LogP contribution in [0.1, 0.15) is 31.8 Å². The summed E-state index contributed by atoms with van der Waals surface area (Å²) in [4.78, 5) is 20.7. The third kappa shape index (κ3) is 4.63. The lowest BCUT2D eigenvalue weighted by Gasteiger charge is -2.35. The van der Waals surface area contributed by atoms with Crippen molar-refractivity contribution < 1.29 is 22.3 Å². The van der Waals surface area contributed by atoms with E-state index >= 15 is 0 Å². The van der Waals surface area contributed by atoms with Crippen molar-refractivity contribution in [1.29, 1.82) is 0 Å². The van der Waals surface area contributed by atoms with Gasteiger partial charge >= 0.3 is 0 Å². The second-order valence-electron chi connectivity index (χ2n) is 7.72. The molecule has 0 aliphatic carbocycles. The first kappa shape index (κ1) is 21.5. The molecule has 4 heterocycles. The summed E-state index contributed by atoms with van der Waals surface area (Å²) in [5.41, 5.74) is 5.26. The fourth-order valence-electron chi connectivity index (χ4n) is 3.66. The molecule has 2 saturated heterocycles. The number of nitrogens with zero attached hydrogens (tertiary/aromatic N) is 6. The summed E-state index contributed by atoms with van der Waals surface area (Å²) in [6.07, 6.45) is -2.28. The lowest BCUT2D eigenvalue weighted by molar-refractivity contribution is -0.0222. The number of halogens is 4. The van der Waals surface area contributed by atoms with Crippen molar-refractivity contribution >= 4 is 17.7 Å². The molecule has 0 amide bonds. The van der Waals surface area contributed by atoms with Gasteiger partial charge in [0.2, 0.25) is 11.9 Å². The van der Waals surface area contributed by atoms with E-state index in [0.29, 0.717) is 19.8 Å². The van der Waals surface area contributed by atoms with Gasteiger partial charge in [0.25, 0.3) is 12.3 Å². The fourth-order valence-corrected chi connectivity index (χ4v) is 3.66. The van der Waals surface area contributed by atoms with Crippen molar-refractivity contribution in [2.24, 2.45) is 0 Å². The van der Waals surface area contributed by atoms with Gasteiger partial charge in [0.05, 0.1) is 19.3 Å². The smallest absolute Gasteiger partial charge is 0.264 e. The van der Waals surface area contributed by atoms with Gasteiger partial charge in [-0.15, -0.1) is 0 Å². The maximum Gasteiger partial charge on any atom is 0.264 e. The molecule has 2 N–H and O–H groups in total. The predicted molar refractivity (Wildman–Crippen MR) is 106 cm³/mol. The van der Waals surface area contributed by atoms with E-state index in [1.54, 1.807) is 4.90 Å². The minimum atomic E-state index is -2.82. The number of nitrogens with two attached hydrogens (primary N) is 1. The molecule has 2 aliphatic heterocycles. The van der Waals surface area contributed by atoms with E-state index in [0.717, 1.165) is 6.07 Å². The minimum absolute atomic E-state index is 0.00109. The van der Waals surface area contributed by atoms with E-state index in [2.05, 4.69) is 19.9 Å². The first-order valence-electron chi connectivity index (χ1n) is 10.0.